The molecule has 0 aliphatic heterocycles. The van der Waals surface area contributed by atoms with E-state index in [2.05, 4.69) is 29.1 Å². The number of anilines is 1. The molecule has 1 atom stereocenters. The summed E-state index contributed by atoms with van der Waals surface area (Å²) in [6.45, 7) is 4.36. The van der Waals surface area contributed by atoms with Crippen LogP contribution in [0.15, 0.2) is 12.4 Å². The van der Waals surface area contributed by atoms with Crippen molar-refractivity contribution in [3.05, 3.63) is 18.1 Å². The lowest BCUT2D eigenvalue weighted by molar-refractivity contribution is 0.0904. The van der Waals surface area contributed by atoms with Gasteiger partial charge in [0, 0.05) is 6.04 Å². The Morgan fingerprint density at radius 2 is 2.24 bits per heavy atom. The summed E-state index contributed by atoms with van der Waals surface area (Å²) in [5.41, 5.74) is 5.91. The highest BCUT2D eigenvalue weighted by Gasteiger charge is 2.35. The Morgan fingerprint density at radius 3 is 2.76 bits per heavy atom. The topological polar surface area (TPSA) is 80.9 Å². The molecule has 1 aliphatic rings. The molecule has 1 heterocycles. The number of nitrogens with two attached hydrogens (primary N) is 1. The van der Waals surface area contributed by atoms with Crippen molar-refractivity contribution in [2.75, 3.05) is 5.73 Å². The second-order valence-electron chi connectivity index (χ2n) is 5.23. The first kappa shape index (κ1) is 11.8. The monoisotopic (exact) mass is 234 g/mol. The first-order valence-corrected chi connectivity index (χ1v) is 5.87. The number of amides is 1. The highest BCUT2D eigenvalue weighted by Crippen LogP contribution is 2.37. The van der Waals surface area contributed by atoms with E-state index in [1.165, 1.54) is 12.4 Å². The van der Waals surface area contributed by atoms with Crippen molar-refractivity contribution in [2.24, 2.45) is 5.41 Å². The third-order valence-corrected chi connectivity index (χ3v) is 3.47. The number of hydrogen-bond acceptors (Lipinski definition) is 4. The summed E-state index contributed by atoms with van der Waals surface area (Å²) in [5, 5.41) is 3.02. The summed E-state index contributed by atoms with van der Waals surface area (Å²) < 4.78 is 0. The van der Waals surface area contributed by atoms with Gasteiger partial charge in [-0.1, -0.05) is 20.3 Å². The van der Waals surface area contributed by atoms with Gasteiger partial charge in [-0.15, -0.1) is 0 Å². The van der Waals surface area contributed by atoms with Gasteiger partial charge in [0.25, 0.3) is 5.91 Å². The molecule has 1 fully saturated rings. The number of nitrogens with one attached hydrogen (secondary N) is 1. The molecule has 0 saturated heterocycles. The van der Waals surface area contributed by atoms with Crippen molar-refractivity contribution in [3.63, 3.8) is 0 Å². The van der Waals surface area contributed by atoms with Crippen molar-refractivity contribution in [2.45, 2.75) is 39.2 Å². The van der Waals surface area contributed by atoms with Gasteiger partial charge in [-0.25, -0.2) is 9.97 Å². The van der Waals surface area contributed by atoms with E-state index in [9.17, 15) is 4.79 Å². The van der Waals surface area contributed by atoms with E-state index in [4.69, 9.17) is 5.73 Å². The van der Waals surface area contributed by atoms with Crippen molar-refractivity contribution in [3.8, 4) is 0 Å². The van der Waals surface area contributed by atoms with Crippen LogP contribution >= 0.6 is 0 Å². The predicted octanol–water partition coefficient (Wildman–Crippen LogP) is 1.37. The number of carbonyl (C=O) groups is 1. The molecule has 0 spiro atoms. The molecule has 5 nitrogen and oxygen atoms in total. The van der Waals surface area contributed by atoms with E-state index >= 15 is 0 Å². The molecule has 3 N–H and O–H groups in total. The van der Waals surface area contributed by atoms with Crippen LogP contribution in [-0.2, 0) is 0 Å². The number of nitrogen functional groups attached to an aromatic ring is 1. The van der Waals surface area contributed by atoms with E-state index < -0.39 is 0 Å². The smallest absolute Gasteiger partial charge is 0.271 e. The molecule has 1 aliphatic carbocycles. The summed E-state index contributed by atoms with van der Waals surface area (Å²) in [5.74, 6) is 0.153. The molecule has 0 radical (unpaired) electrons. The molecule has 1 aromatic heterocycles. The molecule has 0 aromatic carbocycles. The van der Waals surface area contributed by atoms with Crippen molar-refractivity contribution < 1.29 is 4.79 Å². The van der Waals surface area contributed by atoms with E-state index in [1.807, 2.05) is 0 Å². The summed E-state index contributed by atoms with van der Waals surface area (Å²) in [6, 6.07) is 0.217. The number of hydrogen-bond donors (Lipinski definition) is 2. The lowest BCUT2D eigenvalue weighted by atomic mass is 9.87. The van der Waals surface area contributed by atoms with Crippen LogP contribution in [0.25, 0.3) is 0 Å². The minimum atomic E-state index is -0.169. The molecule has 5 heteroatoms. The fourth-order valence-corrected chi connectivity index (χ4v) is 2.28. The minimum Gasteiger partial charge on any atom is -0.382 e. The number of carbonyl (C=O) groups excluding carboxylic acids is 1. The summed E-state index contributed by atoms with van der Waals surface area (Å²) in [6.07, 6.45) is 6.14. The zero-order chi connectivity index (χ0) is 12.5. The average molecular weight is 234 g/mol. The Labute approximate surface area is 101 Å². The molecule has 17 heavy (non-hydrogen) atoms. The van der Waals surface area contributed by atoms with Crippen molar-refractivity contribution in [1.82, 2.24) is 15.3 Å². The van der Waals surface area contributed by atoms with Crippen LogP contribution in [0.4, 0.5) is 5.82 Å². The Kier molecular flexibility index (Phi) is 3.00. The van der Waals surface area contributed by atoms with Gasteiger partial charge in [-0.05, 0) is 18.3 Å². The molecular weight excluding hydrogens is 216 g/mol. The second kappa shape index (κ2) is 4.31. The zero-order valence-corrected chi connectivity index (χ0v) is 10.2. The first-order valence-electron chi connectivity index (χ1n) is 5.87. The largest absolute Gasteiger partial charge is 0.382 e. The number of nitrogens with zero attached hydrogens (tertiary/aromatic N) is 2. The fraction of sp³-hybridized carbons (Fsp3) is 0.583. The van der Waals surface area contributed by atoms with Crippen LogP contribution in [0, 0.1) is 5.41 Å². The van der Waals surface area contributed by atoms with Crippen LogP contribution in [0.1, 0.15) is 43.6 Å². The molecule has 1 amide bonds. The lowest BCUT2D eigenvalue weighted by Crippen LogP contribution is -2.41. The number of rotatable bonds is 2. The molecule has 92 valence electrons. The summed E-state index contributed by atoms with van der Waals surface area (Å²) >= 11 is 0. The van der Waals surface area contributed by atoms with E-state index in [0.717, 1.165) is 19.3 Å². The molecule has 1 aromatic rings. The molecule has 1 saturated carbocycles. The second-order valence-corrected chi connectivity index (χ2v) is 5.23. The van der Waals surface area contributed by atoms with Gasteiger partial charge >= 0.3 is 0 Å². The van der Waals surface area contributed by atoms with Crippen LogP contribution in [0.5, 0.6) is 0 Å². The summed E-state index contributed by atoms with van der Waals surface area (Å²) in [7, 11) is 0. The third-order valence-electron chi connectivity index (χ3n) is 3.47. The van der Waals surface area contributed by atoms with Gasteiger partial charge < -0.3 is 11.1 Å². The quantitative estimate of drug-likeness (QED) is 0.809. The highest BCUT2D eigenvalue weighted by molar-refractivity contribution is 5.92. The molecular formula is C12H18N4O. The standard InChI is InChI=1S/C12H18N4O/c1-12(2)5-3-4-9(12)16-11(17)8-6-15-10(13)7-14-8/h6-7,9H,3-5H2,1-2H3,(H2,13,15)(H,16,17). The Hall–Kier alpha value is -1.65. The van der Waals surface area contributed by atoms with Crippen LogP contribution < -0.4 is 11.1 Å². The van der Waals surface area contributed by atoms with Crippen LogP contribution in [0.2, 0.25) is 0 Å². The van der Waals surface area contributed by atoms with E-state index in [0.29, 0.717) is 11.5 Å². The third kappa shape index (κ3) is 2.54. The van der Waals surface area contributed by atoms with E-state index in [-0.39, 0.29) is 17.4 Å². The zero-order valence-electron chi connectivity index (χ0n) is 10.2. The van der Waals surface area contributed by atoms with Gasteiger partial charge in [0.05, 0.1) is 12.4 Å². The Morgan fingerprint density at radius 1 is 1.47 bits per heavy atom. The maximum Gasteiger partial charge on any atom is 0.271 e. The van der Waals surface area contributed by atoms with E-state index in [1.54, 1.807) is 0 Å². The molecule has 1 unspecified atom stereocenters. The van der Waals surface area contributed by atoms with Crippen LogP contribution in [0.3, 0.4) is 0 Å². The van der Waals surface area contributed by atoms with Gasteiger partial charge in [0.15, 0.2) is 0 Å². The lowest BCUT2D eigenvalue weighted by Gasteiger charge is -2.27. The normalized spacial score (nSPS) is 22.4. The fourth-order valence-electron chi connectivity index (χ4n) is 2.28. The maximum atomic E-state index is 11.9. The Bertz CT molecular complexity index is 413. The Balaban J connectivity index is 2.04. The van der Waals surface area contributed by atoms with Gasteiger partial charge in [0.1, 0.15) is 11.5 Å². The van der Waals surface area contributed by atoms with Crippen molar-refractivity contribution >= 4 is 11.7 Å². The number of aromatic nitrogens is 2. The highest BCUT2D eigenvalue weighted by atomic mass is 16.2. The average Bonchev–Trinajstić information content (AvgIpc) is 2.59. The molecule has 2 rings (SSSR count). The first-order chi connectivity index (χ1) is 7.99. The summed E-state index contributed by atoms with van der Waals surface area (Å²) in [4.78, 5) is 19.8. The van der Waals surface area contributed by atoms with Crippen LogP contribution in [-0.4, -0.2) is 21.9 Å². The molecule has 0 bridgehead atoms. The minimum absolute atomic E-state index is 0.164. The van der Waals surface area contributed by atoms with Gasteiger partial charge in [0.2, 0.25) is 0 Å². The maximum absolute atomic E-state index is 11.9. The SMILES string of the molecule is CC1(C)CCCC1NC(=O)c1cnc(N)cn1. The van der Waals surface area contributed by atoms with Gasteiger partial charge in [-0.3, -0.25) is 4.79 Å². The van der Waals surface area contributed by atoms with Gasteiger partial charge in [-0.2, -0.15) is 0 Å². The van der Waals surface area contributed by atoms with Crippen molar-refractivity contribution in [1.29, 1.82) is 0 Å². The predicted molar refractivity (Wildman–Crippen MR) is 65.3 cm³/mol.